The summed E-state index contributed by atoms with van der Waals surface area (Å²) in [6.45, 7) is 0. The lowest BCUT2D eigenvalue weighted by Crippen LogP contribution is -2.32. The van der Waals surface area contributed by atoms with Crippen molar-refractivity contribution in [2.24, 2.45) is 13.0 Å². The van der Waals surface area contributed by atoms with Crippen LogP contribution in [0.2, 0.25) is 0 Å². The Hall–Kier alpha value is -2.24. The fourth-order valence-electron chi connectivity index (χ4n) is 2.25. The highest BCUT2D eigenvalue weighted by Crippen LogP contribution is 2.31. The van der Waals surface area contributed by atoms with Gasteiger partial charge in [0.1, 0.15) is 11.9 Å². The number of imidazole rings is 1. The Morgan fingerprint density at radius 3 is 2.71 bits per heavy atom. The molecule has 3 rings (SSSR count). The molecule has 2 aromatic rings. The van der Waals surface area contributed by atoms with Crippen molar-refractivity contribution >= 4 is 5.91 Å². The summed E-state index contributed by atoms with van der Waals surface area (Å²) in [6.07, 6.45) is 5.09. The predicted molar refractivity (Wildman–Crippen MR) is 72.3 cm³/mol. The van der Waals surface area contributed by atoms with E-state index in [4.69, 9.17) is 0 Å². The Kier molecular flexibility index (Phi) is 3.45. The van der Waals surface area contributed by atoms with Crippen molar-refractivity contribution in [2.75, 3.05) is 0 Å². The highest BCUT2D eigenvalue weighted by molar-refractivity contribution is 5.81. The van der Waals surface area contributed by atoms with E-state index in [1.165, 1.54) is 6.07 Å². The van der Waals surface area contributed by atoms with Crippen LogP contribution >= 0.6 is 0 Å². The van der Waals surface area contributed by atoms with Crippen molar-refractivity contribution in [1.29, 1.82) is 0 Å². The number of nitrogens with zero attached hydrogens (tertiary/aromatic N) is 2. The van der Waals surface area contributed by atoms with Crippen molar-refractivity contribution in [2.45, 2.75) is 18.9 Å². The average molecular weight is 291 g/mol. The molecular weight excluding hydrogens is 276 g/mol. The van der Waals surface area contributed by atoms with E-state index in [9.17, 15) is 13.6 Å². The summed E-state index contributed by atoms with van der Waals surface area (Å²) < 4.78 is 28.3. The molecule has 0 saturated heterocycles. The molecule has 1 fully saturated rings. The van der Waals surface area contributed by atoms with E-state index >= 15 is 0 Å². The van der Waals surface area contributed by atoms with Crippen molar-refractivity contribution in [3.05, 3.63) is 53.6 Å². The van der Waals surface area contributed by atoms with E-state index in [0.717, 1.165) is 25.0 Å². The molecule has 1 heterocycles. The van der Waals surface area contributed by atoms with E-state index in [2.05, 4.69) is 10.3 Å². The first-order valence-electron chi connectivity index (χ1n) is 6.79. The number of rotatable bonds is 4. The zero-order valence-electron chi connectivity index (χ0n) is 11.5. The van der Waals surface area contributed by atoms with Gasteiger partial charge < -0.3 is 9.88 Å². The Balaban J connectivity index is 1.96. The van der Waals surface area contributed by atoms with Gasteiger partial charge in [-0.3, -0.25) is 4.79 Å². The standard InChI is InChI=1S/C15H15F2N3O/c1-20-7-6-18-14(20)13(19-15(21)9-2-3-9)10-4-5-11(16)12(17)8-10/h4-9,13H,2-3H2,1H3,(H,19,21)/t13-/m0/s1. The Labute approximate surface area is 120 Å². The molecule has 1 aliphatic rings. The van der Waals surface area contributed by atoms with E-state index < -0.39 is 17.7 Å². The summed E-state index contributed by atoms with van der Waals surface area (Å²) in [5.41, 5.74) is 0.470. The highest BCUT2D eigenvalue weighted by atomic mass is 19.2. The number of aromatic nitrogens is 2. The molecule has 110 valence electrons. The minimum Gasteiger partial charge on any atom is -0.342 e. The number of halogens is 2. The number of hydrogen-bond acceptors (Lipinski definition) is 2. The first kappa shape index (κ1) is 13.7. The summed E-state index contributed by atoms with van der Waals surface area (Å²) in [7, 11) is 1.79. The van der Waals surface area contributed by atoms with Crippen LogP contribution < -0.4 is 5.32 Å². The minimum absolute atomic E-state index is 0.0260. The third-order valence-corrected chi connectivity index (χ3v) is 3.63. The molecule has 21 heavy (non-hydrogen) atoms. The van der Waals surface area contributed by atoms with Crippen LogP contribution in [0.1, 0.15) is 30.3 Å². The van der Waals surface area contributed by atoms with Gasteiger partial charge >= 0.3 is 0 Å². The van der Waals surface area contributed by atoms with Gasteiger partial charge in [-0.25, -0.2) is 13.8 Å². The summed E-state index contributed by atoms with van der Waals surface area (Å²) in [4.78, 5) is 16.2. The van der Waals surface area contributed by atoms with Crippen LogP contribution in [0.3, 0.4) is 0 Å². The summed E-state index contributed by atoms with van der Waals surface area (Å²) in [5.74, 6) is -1.32. The van der Waals surface area contributed by atoms with Gasteiger partial charge in [-0.1, -0.05) is 6.07 Å². The molecule has 1 aliphatic carbocycles. The number of aryl methyl sites for hydroxylation is 1. The smallest absolute Gasteiger partial charge is 0.223 e. The van der Waals surface area contributed by atoms with Crippen molar-refractivity contribution < 1.29 is 13.6 Å². The lowest BCUT2D eigenvalue weighted by atomic mass is 10.1. The fourth-order valence-corrected chi connectivity index (χ4v) is 2.25. The third kappa shape index (κ3) is 2.79. The first-order valence-corrected chi connectivity index (χ1v) is 6.79. The predicted octanol–water partition coefficient (Wildman–Crippen LogP) is 2.31. The molecule has 1 amide bonds. The Morgan fingerprint density at radius 2 is 2.14 bits per heavy atom. The van der Waals surface area contributed by atoms with Crippen molar-refractivity contribution in [3.63, 3.8) is 0 Å². The number of amides is 1. The molecular formula is C15H15F2N3O. The Bertz CT molecular complexity index is 679. The molecule has 1 aromatic carbocycles. The average Bonchev–Trinajstić information content (AvgIpc) is 3.22. The van der Waals surface area contributed by atoms with Crippen LogP contribution in [0.5, 0.6) is 0 Å². The molecule has 0 aliphatic heterocycles. The van der Waals surface area contributed by atoms with Crippen molar-refractivity contribution in [3.8, 4) is 0 Å². The van der Waals surface area contributed by atoms with Gasteiger partial charge in [-0.15, -0.1) is 0 Å². The van der Waals surface area contributed by atoms with Gasteiger partial charge in [-0.2, -0.15) is 0 Å². The van der Waals surface area contributed by atoms with Gasteiger partial charge in [0.05, 0.1) is 0 Å². The molecule has 1 N–H and O–H groups in total. The van der Waals surface area contributed by atoms with E-state index in [1.807, 2.05) is 0 Å². The van der Waals surface area contributed by atoms with E-state index in [0.29, 0.717) is 11.4 Å². The summed E-state index contributed by atoms with van der Waals surface area (Å²) in [5, 5.41) is 2.87. The maximum absolute atomic E-state index is 13.5. The normalized spacial score (nSPS) is 15.8. The molecule has 6 heteroatoms. The summed E-state index contributed by atoms with van der Waals surface area (Å²) >= 11 is 0. The zero-order chi connectivity index (χ0) is 15.0. The molecule has 1 saturated carbocycles. The minimum atomic E-state index is -0.938. The monoisotopic (exact) mass is 291 g/mol. The number of nitrogens with one attached hydrogen (secondary N) is 1. The van der Waals surface area contributed by atoms with Crippen LogP contribution in [0, 0.1) is 17.6 Å². The summed E-state index contributed by atoms with van der Waals surface area (Å²) in [6, 6.07) is 3.03. The molecule has 0 spiro atoms. The second kappa shape index (κ2) is 5.27. The lowest BCUT2D eigenvalue weighted by molar-refractivity contribution is -0.122. The van der Waals surface area contributed by atoms with Crippen molar-refractivity contribution in [1.82, 2.24) is 14.9 Å². The number of carbonyl (C=O) groups excluding carboxylic acids is 1. The number of carbonyl (C=O) groups is 1. The van der Waals surface area contributed by atoms with Crippen LogP contribution in [0.4, 0.5) is 8.78 Å². The van der Waals surface area contributed by atoms with Crippen LogP contribution in [-0.4, -0.2) is 15.5 Å². The molecule has 4 nitrogen and oxygen atoms in total. The van der Waals surface area contributed by atoms with E-state index in [-0.39, 0.29) is 11.8 Å². The molecule has 1 aromatic heterocycles. The van der Waals surface area contributed by atoms with Crippen LogP contribution in [-0.2, 0) is 11.8 Å². The number of benzene rings is 1. The van der Waals surface area contributed by atoms with Gasteiger partial charge in [0.2, 0.25) is 5.91 Å². The van der Waals surface area contributed by atoms with Gasteiger partial charge in [0, 0.05) is 25.4 Å². The third-order valence-electron chi connectivity index (χ3n) is 3.63. The van der Waals surface area contributed by atoms with Gasteiger partial charge in [-0.05, 0) is 30.5 Å². The highest BCUT2D eigenvalue weighted by Gasteiger charge is 2.32. The molecule has 0 unspecified atom stereocenters. The molecule has 0 radical (unpaired) electrons. The van der Waals surface area contributed by atoms with Crippen LogP contribution in [0.15, 0.2) is 30.6 Å². The Morgan fingerprint density at radius 1 is 1.38 bits per heavy atom. The topological polar surface area (TPSA) is 46.9 Å². The molecule has 1 atom stereocenters. The second-order valence-corrected chi connectivity index (χ2v) is 5.29. The second-order valence-electron chi connectivity index (χ2n) is 5.29. The quantitative estimate of drug-likeness (QED) is 0.939. The fraction of sp³-hybridized carbons (Fsp3) is 0.333. The first-order chi connectivity index (χ1) is 10.1. The molecule has 0 bridgehead atoms. The van der Waals surface area contributed by atoms with E-state index in [1.54, 1.807) is 24.0 Å². The maximum atomic E-state index is 13.5. The van der Waals surface area contributed by atoms with Crippen LogP contribution in [0.25, 0.3) is 0 Å². The maximum Gasteiger partial charge on any atom is 0.223 e. The SMILES string of the molecule is Cn1ccnc1[C@@H](NC(=O)C1CC1)c1ccc(F)c(F)c1. The van der Waals surface area contributed by atoms with Gasteiger partial charge in [0.25, 0.3) is 0 Å². The number of hydrogen-bond donors (Lipinski definition) is 1. The lowest BCUT2D eigenvalue weighted by Gasteiger charge is -2.19. The largest absolute Gasteiger partial charge is 0.342 e. The van der Waals surface area contributed by atoms with Gasteiger partial charge in [0.15, 0.2) is 11.6 Å². The zero-order valence-corrected chi connectivity index (χ0v) is 11.5.